The van der Waals surface area contributed by atoms with E-state index >= 15 is 0 Å². The van der Waals surface area contributed by atoms with Gasteiger partial charge in [-0.2, -0.15) is 5.10 Å². The Hall–Kier alpha value is -2.24. The van der Waals surface area contributed by atoms with Crippen LogP contribution in [0.5, 0.6) is 0 Å². The molecule has 2 rings (SSSR count). The van der Waals surface area contributed by atoms with E-state index in [0.29, 0.717) is 6.54 Å². The molecular formula is C12H15N3O3. The van der Waals surface area contributed by atoms with Crippen LogP contribution in [0.25, 0.3) is 0 Å². The van der Waals surface area contributed by atoms with Crippen molar-refractivity contribution in [3.63, 3.8) is 0 Å². The van der Waals surface area contributed by atoms with Crippen molar-refractivity contribution in [2.24, 2.45) is 7.05 Å². The number of nitrogens with zero attached hydrogens (tertiary/aromatic N) is 2. The number of aryl methyl sites for hydroxylation is 2. The van der Waals surface area contributed by atoms with Gasteiger partial charge in [-0.1, -0.05) is 0 Å². The summed E-state index contributed by atoms with van der Waals surface area (Å²) in [6.07, 6.45) is 1.47. The van der Waals surface area contributed by atoms with Crippen molar-refractivity contribution in [3.05, 3.63) is 35.4 Å². The van der Waals surface area contributed by atoms with E-state index < -0.39 is 5.97 Å². The summed E-state index contributed by atoms with van der Waals surface area (Å²) < 4.78 is 11.5. The Morgan fingerprint density at radius 1 is 1.61 bits per heavy atom. The van der Waals surface area contributed by atoms with E-state index in [1.807, 2.05) is 20.0 Å². The predicted octanol–water partition coefficient (Wildman–Crippen LogP) is 1.72. The van der Waals surface area contributed by atoms with E-state index in [-0.39, 0.29) is 5.76 Å². The molecule has 0 saturated heterocycles. The van der Waals surface area contributed by atoms with Gasteiger partial charge in [-0.3, -0.25) is 4.68 Å². The van der Waals surface area contributed by atoms with Gasteiger partial charge in [0.25, 0.3) is 0 Å². The van der Waals surface area contributed by atoms with Crippen LogP contribution in [0.15, 0.2) is 22.8 Å². The molecule has 0 spiro atoms. The molecule has 0 amide bonds. The molecule has 0 fully saturated rings. The molecule has 2 heterocycles. The van der Waals surface area contributed by atoms with Gasteiger partial charge in [0.1, 0.15) is 5.82 Å². The van der Waals surface area contributed by atoms with Crippen molar-refractivity contribution in [3.8, 4) is 0 Å². The SMILES string of the molecule is COC(=O)c1occc1CNc1cc(C)n(C)n1. The molecule has 96 valence electrons. The molecule has 2 aromatic heterocycles. The maximum atomic E-state index is 11.4. The number of rotatable bonds is 4. The number of ether oxygens (including phenoxy) is 1. The summed E-state index contributed by atoms with van der Waals surface area (Å²) in [5.74, 6) is 0.499. The number of carbonyl (C=O) groups excluding carboxylic acids is 1. The number of anilines is 1. The van der Waals surface area contributed by atoms with E-state index in [4.69, 9.17) is 4.42 Å². The molecule has 0 bridgehead atoms. The fraction of sp³-hybridized carbons (Fsp3) is 0.333. The van der Waals surface area contributed by atoms with E-state index in [0.717, 1.165) is 17.1 Å². The number of furan rings is 1. The minimum atomic E-state index is -0.478. The maximum Gasteiger partial charge on any atom is 0.374 e. The highest BCUT2D eigenvalue weighted by molar-refractivity contribution is 5.87. The van der Waals surface area contributed by atoms with Crippen LogP contribution < -0.4 is 5.32 Å². The third kappa shape index (κ3) is 2.37. The molecule has 0 aliphatic carbocycles. The predicted molar refractivity (Wildman–Crippen MR) is 65.3 cm³/mol. The summed E-state index contributed by atoms with van der Waals surface area (Å²) >= 11 is 0. The summed E-state index contributed by atoms with van der Waals surface area (Å²) in [5, 5.41) is 7.39. The number of hydrogen-bond acceptors (Lipinski definition) is 5. The fourth-order valence-electron chi connectivity index (χ4n) is 1.58. The quantitative estimate of drug-likeness (QED) is 0.835. The number of aromatic nitrogens is 2. The van der Waals surface area contributed by atoms with Crippen LogP contribution in [-0.4, -0.2) is 22.9 Å². The number of methoxy groups -OCH3 is 1. The summed E-state index contributed by atoms with van der Waals surface area (Å²) in [5.41, 5.74) is 1.79. The van der Waals surface area contributed by atoms with Crippen molar-refractivity contribution in [1.29, 1.82) is 0 Å². The molecule has 6 heteroatoms. The van der Waals surface area contributed by atoms with Crippen LogP contribution in [0.4, 0.5) is 5.82 Å². The summed E-state index contributed by atoms with van der Waals surface area (Å²) in [7, 11) is 3.20. The van der Waals surface area contributed by atoms with Gasteiger partial charge in [-0.15, -0.1) is 0 Å². The lowest BCUT2D eigenvalue weighted by Gasteiger charge is -2.02. The third-order valence-electron chi connectivity index (χ3n) is 2.69. The second-order valence-corrected chi connectivity index (χ2v) is 3.91. The number of esters is 1. The van der Waals surface area contributed by atoms with E-state index in [1.165, 1.54) is 13.4 Å². The smallest absolute Gasteiger partial charge is 0.374 e. The third-order valence-corrected chi connectivity index (χ3v) is 2.69. The highest BCUT2D eigenvalue weighted by Gasteiger charge is 2.15. The van der Waals surface area contributed by atoms with Gasteiger partial charge in [-0.05, 0) is 13.0 Å². The zero-order chi connectivity index (χ0) is 13.1. The molecule has 1 N–H and O–H groups in total. The van der Waals surface area contributed by atoms with Gasteiger partial charge in [0.15, 0.2) is 0 Å². The Bertz CT molecular complexity index is 537. The van der Waals surface area contributed by atoms with Gasteiger partial charge < -0.3 is 14.5 Å². The number of nitrogens with one attached hydrogen (secondary N) is 1. The van der Waals surface area contributed by atoms with Crippen molar-refractivity contribution in [2.45, 2.75) is 13.5 Å². The lowest BCUT2D eigenvalue weighted by Crippen LogP contribution is -2.07. The second-order valence-electron chi connectivity index (χ2n) is 3.91. The monoisotopic (exact) mass is 249 g/mol. The van der Waals surface area contributed by atoms with Crippen LogP contribution in [-0.2, 0) is 18.3 Å². The Morgan fingerprint density at radius 2 is 2.39 bits per heavy atom. The molecule has 0 radical (unpaired) electrons. The van der Waals surface area contributed by atoms with Gasteiger partial charge in [0.2, 0.25) is 5.76 Å². The second kappa shape index (κ2) is 4.95. The van der Waals surface area contributed by atoms with E-state index in [9.17, 15) is 4.79 Å². The molecule has 0 aromatic carbocycles. The van der Waals surface area contributed by atoms with Crippen molar-refractivity contribution in [2.75, 3.05) is 12.4 Å². The fourth-order valence-corrected chi connectivity index (χ4v) is 1.58. The zero-order valence-electron chi connectivity index (χ0n) is 10.6. The summed E-state index contributed by atoms with van der Waals surface area (Å²) in [4.78, 5) is 11.4. The highest BCUT2D eigenvalue weighted by Crippen LogP contribution is 2.14. The number of carbonyl (C=O) groups is 1. The van der Waals surface area contributed by atoms with Gasteiger partial charge in [0, 0.05) is 30.9 Å². The largest absolute Gasteiger partial charge is 0.463 e. The van der Waals surface area contributed by atoms with Gasteiger partial charge in [0.05, 0.1) is 13.4 Å². The van der Waals surface area contributed by atoms with Crippen LogP contribution in [0.3, 0.4) is 0 Å². The van der Waals surface area contributed by atoms with Crippen molar-refractivity contribution in [1.82, 2.24) is 9.78 Å². The van der Waals surface area contributed by atoms with Gasteiger partial charge >= 0.3 is 5.97 Å². The Labute approximate surface area is 105 Å². The van der Waals surface area contributed by atoms with Crippen LogP contribution >= 0.6 is 0 Å². The van der Waals surface area contributed by atoms with Crippen molar-refractivity contribution < 1.29 is 13.9 Å². The number of hydrogen-bond donors (Lipinski definition) is 1. The lowest BCUT2D eigenvalue weighted by atomic mass is 10.2. The lowest BCUT2D eigenvalue weighted by molar-refractivity contribution is 0.0563. The maximum absolute atomic E-state index is 11.4. The topological polar surface area (TPSA) is 69.3 Å². The Kier molecular flexibility index (Phi) is 3.36. The summed E-state index contributed by atoms with van der Waals surface area (Å²) in [6, 6.07) is 3.66. The molecule has 18 heavy (non-hydrogen) atoms. The molecule has 0 unspecified atom stereocenters. The molecule has 6 nitrogen and oxygen atoms in total. The van der Waals surface area contributed by atoms with Gasteiger partial charge in [-0.25, -0.2) is 4.79 Å². The average Bonchev–Trinajstić information content (AvgIpc) is 2.93. The van der Waals surface area contributed by atoms with Crippen LogP contribution in [0, 0.1) is 6.92 Å². The van der Waals surface area contributed by atoms with E-state index in [1.54, 1.807) is 10.7 Å². The zero-order valence-corrected chi connectivity index (χ0v) is 10.6. The Morgan fingerprint density at radius 3 is 3.00 bits per heavy atom. The standard InChI is InChI=1S/C12H15N3O3/c1-8-6-10(14-15(8)2)13-7-9-4-5-18-11(9)12(16)17-3/h4-6H,7H2,1-3H3,(H,13,14). The summed E-state index contributed by atoms with van der Waals surface area (Å²) in [6.45, 7) is 2.42. The molecule has 0 aliphatic heterocycles. The normalized spacial score (nSPS) is 10.4. The minimum absolute atomic E-state index is 0.220. The molecule has 2 aromatic rings. The van der Waals surface area contributed by atoms with Crippen molar-refractivity contribution >= 4 is 11.8 Å². The first-order valence-corrected chi connectivity index (χ1v) is 5.51. The minimum Gasteiger partial charge on any atom is -0.463 e. The first-order valence-electron chi connectivity index (χ1n) is 5.51. The molecule has 0 atom stereocenters. The highest BCUT2D eigenvalue weighted by atomic mass is 16.5. The van der Waals surface area contributed by atoms with Crippen LogP contribution in [0.1, 0.15) is 21.8 Å². The Balaban J connectivity index is 2.06. The molecule has 0 aliphatic rings. The molecule has 0 saturated carbocycles. The average molecular weight is 249 g/mol. The van der Waals surface area contributed by atoms with Crippen LogP contribution in [0.2, 0.25) is 0 Å². The first kappa shape index (κ1) is 12.2. The first-order chi connectivity index (χ1) is 8.61. The molecular weight excluding hydrogens is 234 g/mol. The van der Waals surface area contributed by atoms with E-state index in [2.05, 4.69) is 15.2 Å².